The van der Waals surface area contributed by atoms with Gasteiger partial charge in [0.2, 0.25) is 6.10 Å². The van der Waals surface area contributed by atoms with Gasteiger partial charge in [-0.3, -0.25) is 0 Å². The molecule has 1 aliphatic rings. The van der Waals surface area contributed by atoms with Crippen molar-refractivity contribution >= 4 is 25.4 Å². The van der Waals surface area contributed by atoms with E-state index >= 15 is 0 Å². The number of halogens is 3. The number of aliphatic carboxylic acids is 1. The van der Waals surface area contributed by atoms with Crippen LogP contribution in [0.4, 0.5) is 13.2 Å². The van der Waals surface area contributed by atoms with E-state index in [2.05, 4.69) is 0 Å². The molecule has 0 aromatic heterocycles. The number of benzene rings is 1. The molecule has 0 amide bonds. The second-order valence-electron chi connectivity index (χ2n) is 4.22. The second-order valence-corrected chi connectivity index (χ2v) is 4.22. The highest BCUT2D eigenvalue weighted by molar-refractivity contribution is 6.34. The molecule has 1 aliphatic heterocycles. The summed E-state index contributed by atoms with van der Waals surface area (Å²) in [6.07, 6.45) is -6.38. The van der Waals surface area contributed by atoms with Crippen molar-refractivity contribution in [1.82, 2.24) is 0 Å². The lowest BCUT2D eigenvalue weighted by molar-refractivity contribution is -0.186. The van der Waals surface area contributed by atoms with Gasteiger partial charge in [0.15, 0.2) is 0 Å². The first-order valence-electron chi connectivity index (χ1n) is 5.28. The molecule has 1 unspecified atom stereocenters. The van der Waals surface area contributed by atoms with Gasteiger partial charge < -0.3 is 9.84 Å². The smallest absolute Gasteiger partial charge is 0.430 e. The van der Waals surface area contributed by atoms with Gasteiger partial charge in [-0.1, -0.05) is 17.1 Å². The highest BCUT2D eigenvalue weighted by Crippen LogP contribution is 2.36. The summed E-state index contributed by atoms with van der Waals surface area (Å²) < 4.78 is 43.1. The van der Waals surface area contributed by atoms with Gasteiger partial charge in [-0.2, -0.15) is 13.2 Å². The van der Waals surface area contributed by atoms with Crippen LogP contribution >= 0.6 is 0 Å². The Labute approximate surface area is 108 Å². The van der Waals surface area contributed by atoms with E-state index in [1.165, 1.54) is 12.1 Å². The van der Waals surface area contributed by atoms with E-state index in [0.29, 0.717) is 5.56 Å². The fraction of sp³-hybridized carbons (Fsp3) is 0.250. The van der Waals surface area contributed by atoms with Crippen LogP contribution < -0.4 is 10.2 Å². The van der Waals surface area contributed by atoms with Crippen LogP contribution in [-0.4, -0.2) is 31.2 Å². The minimum absolute atomic E-state index is 0.0462. The van der Waals surface area contributed by atoms with Gasteiger partial charge in [-0.05, 0) is 19.1 Å². The van der Waals surface area contributed by atoms with Gasteiger partial charge in [0, 0.05) is 5.56 Å². The van der Waals surface area contributed by atoms with Crippen molar-refractivity contribution in [3.8, 4) is 5.75 Å². The summed E-state index contributed by atoms with van der Waals surface area (Å²) in [5.74, 6) is -1.81. The van der Waals surface area contributed by atoms with E-state index in [0.717, 1.165) is 6.08 Å². The lowest BCUT2D eigenvalue weighted by Crippen LogP contribution is -2.41. The summed E-state index contributed by atoms with van der Waals surface area (Å²) in [6.45, 7) is 1.70. The minimum atomic E-state index is -4.82. The first-order valence-corrected chi connectivity index (χ1v) is 5.28. The predicted octanol–water partition coefficient (Wildman–Crippen LogP) is 1.58. The number of carbonyl (C=O) groups is 1. The van der Waals surface area contributed by atoms with E-state index in [9.17, 15) is 18.0 Å². The van der Waals surface area contributed by atoms with Gasteiger partial charge in [-0.25, -0.2) is 4.79 Å². The molecule has 19 heavy (non-hydrogen) atoms. The number of carboxylic acid groups (broad SMARTS) is 1. The number of alkyl halides is 3. The molecule has 1 aromatic carbocycles. The molecule has 0 bridgehead atoms. The fourth-order valence-corrected chi connectivity index (χ4v) is 1.91. The molecular formula is C12H8BF3O3. The quantitative estimate of drug-likeness (QED) is 0.786. The highest BCUT2D eigenvalue weighted by Gasteiger charge is 2.48. The number of ether oxygens (including phenoxy) is 1. The molecule has 0 saturated carbocycles. The van der Waals surface area contributed by atoms with Crippen LogP contribution in [0.25, 0.3) is 6.08 Å². The number of aryl methyl sites for hydroxylation is 1. The molecule has 3 nitrogen and oxygen atoms in total. The van der Waals surface area contributed by atoms with Crippen molar-refractivity contribution in [3.05, 3.63) is 28.8 Å². The van der Waals surface area contributed by atoms with E-state index in [1.54, 1.807) is 6.92 Å². The van der Waals surface area contributed by atoms with E-state index < -0.39 is 23.8 Å². The lowest BCUT2D eigenvalue weighted by atomic mass is 9.88. The Kier molecular flexibility index (Phi) is 3.08. The summed E-state index contributed by atoms with van der Waals surface area (Å²) in [5.41, 5.74) is 0.122. The Hall–Kier alpha value is -1.92. The fourth-order valence-electron chi connectivity index (χ4n) is 1.91. The second kappa shape index (κ2) is 4.33. The number of hydrogen-bond acceptors (Lipinski definition) is 2. The van der Waals surface area contributed by atoms with E-state index in [-0.39, 0.29) is 16.8 Å². The summed E-state index contributed by atoms with van der Waals surface area (Å²) in [7, 11) is 5.60. The molecule has 98 valence electrons. The van der Waals surface area contributed by atoms with Gasteiger partial charge in [0.05, 0.1) is 5.57 Å². The average molecular weight is 268 g/mol. The van der Waals surface area contributed by atoms with Gasteiger partial charge >= 0.3 is 12.1 Å². The summed E-state index contributed by atoms with van der Waals surface area (Å²) in [5, 5.41) is 8.86. The Balaban J connectivity index is 2.61. The first-order chi connectivity index (χ1) is 8.70. The van der Waals surface area contributed by atoms with Gasteiger partial charge in [0.1, 0.15) is 13.6 Å². The van der Waals surface area contributed by atoms with Crippen LogP contribution in [0.3, 0.4) is 0 Å². The maximum absolute atomic E-state index is 12.8. The largest absolute Gasteiger partial charge is 0.478 e. The zero-order valence-corrected chi connectivity index (χ0v) is 9.78. The Morgan fingerprint density at radius 1 is 1.42 bits per heavy atom. The topological polar surface area (TPSA) is 46.5 Å². The number of hydrogen-bond donors (Lipinski definition) is 1. The minimum Gasteiger partial charge on any atom is -0.478 e. The molecule has 0 aliphatic carbocycles. The summed E-state index contributed by atoms with van der Waals surface area (Å²) >= 11 is 0. The molecule has 1 heterocycles. The number of fused-ring (bicyclic) bond motifs is 1. The average Bonchev–Trinajstić information content (AvgIpc) is 2.25. The van der Waals surface area contributed by atoms with Crippen LogP contribution in [0.5, 0.6) is 5.75 Å². The third-order valence-electron chi connectivity index (χ3n) is 2.66. The molecule has 1 aromatic rings. The highest BCUT2D eigenvalue weighted by atomic mass is 19.4. The Bertz CT molecular complexity index is 578. The molecule has 0 saturated heterocycles. The van der Waals surface area contributed by atoms with Crippen molar-refractivity contribution in [2.75, 3.05) is 0 Å². The monoisotopic (exact) mass is 268 g/mol. The molecule has 7 heteroatoms. The van der Waals surface area contributed by atoms with Crippen molar-refractivity contribution in [2.45, 2.75) is 19.2 Å². The van der Waals surface area contributed by atoms with Crippen molar-refractivity contribution < 1.29 is 27.8 Å². The Morgan fingerprint density at radius 2 is 2.05 bits per heavy atom. The zero-order valence-electron chi connectivity index (χ0n) is 9.78. The molecule has 2 radical (unpaired) electrons. The van der Waals surface area contributed by atoms with Crippen molar-refractivity contribution in [1.29, 1.82) is 0 Å². The molecule has 0 spiro atoms. The predicted molar refractivity (Wildman–Crippen MR) is 62.7 cm³/mol. The van der Waals surface area contributed by atoms with Crippen molar-refractivity contribution in [2.24, 2.45) is 0 Å². The molecular weight excluding hydrogens is 260 g/mol. The van der Waals surface area contributed by atoms with E-state index in [1.807, 2.05) is 0 Å². The SMILES string of the molecule is [B]c1cc(C)cc2c1OC(C(F)(F)F)C(C(=O)O)=C2. The zero-order chi connectivity index (χ0) is 14.4. The molecule has 2 rings (SSSR count). The standard InChI is InChI=1S/C12H8BF3O3/c1-5-2-6-4-7(11(17)18)10(12(14,15)16)19-9(6)8(13)3-5/h2-4,10H,1H3,(H,17,18). The number of rotatable bonds is 1. The lowest BCUT2D eigenvalue weighted by Gasteiger charge is -2.28. The first kappa shape index (κ1) is 13.5. The van der Waals surface area contributed by atoms with Crippen LogP contribution in [0.15, 0.2) is 17.7 Å². The van der Waals surface area contributed by atoms with E-state index in [4.69, 9.17) is 17.7 Å². The normalized spacial score (nSPS) is 18.3. The molecule has 0 fully saturated rings. The third-order valence-corrected chi connectivity index (χ3v) is 2.66. The maximum atomic E-state index is 12.8. The maximum Gasteiger partial charge on any atom is 0.430 e. The number of carboxylic acids is 1. The summed E-state index contributed by atoms with van der Waals surface area (Å²) in [4.78, 5) is 10.9. The van der Waals surface area contributed by atoms with Crippen LogP contribution in [0.2, 0.25) is 0 Å². The van der Waals surface area contributed by atoms with Gasteiger partial charge in [-0.15, -0.1) is 0 Å². The summed E-state index contributed by atoms with van der Waals surface area (Å²) in [6, 6.07) is 2.98. The van der Waals surface area contributed by atoms with Crippen molar-refractivity contribution in [3.63, 3.8) is 0 Å². The Morgan fingerprint density at radius 3 is 2.58 bits per heavy atom. The van der Waals surface area contributed by atoms with Gasteiger partial charge in [0.25, 0.3) is 0 Å². The van der Waals surface area contributed by atoms with Crippen LogP contribution in [-0.2, 0) is 4.79 Å². The van der Waals surface area contributed by atoms with Crippen LogP contribution in [0, 0.1) is 6.92 Å². The third kappa shape index (κ3) is 2.45. The van der Waals surface area contributed by atoms with Crippen LogP contribution in [0.1, 0.15) is 11.1 Å². The molecule has 1 N–H and O–H groups in total. The molecule has 1 atom stereocenters.